The van der Waals surface area contributed by atoms with Gasteiger partial charge in [-0.15, -0.1) is 0 Å². The van der Waals surface area contributed by atoms with E-state index in [1.54, 1.807) is 25.4 Å². The molecule has 1 aliphatic rings. The molecule has 1 aliphatic heterocycles. The molecule has 2 rings (SSSR count). The zero-order valence-corrected chi connectivity index (χ0v) is 11.1. The monoisotopic (exact) mass is 267 g/mol. The number of pyridine rings is 1. The number of nitrogens with zero attached hydrogens (tertiary/aromatic N) is 1. The van der Waals surface area contributed by atoms with Gasteiger partial charge in [-0.25, -0.2) is 0 Å². The first-order chi connectivity index (χ1) is 8.66. The van der Waals surface area contributed by atoms with Gasteiger partial charge in [-0.2, -0.15) is 11.8 Å². The van der Waals surface area contributed by atoms with E-state index in [-0.39, 0.29) is 17.5 Å². The topological polar surface area (TPSA) is 63.1 Å². The van der Waals surface area contributed by atoms with E-state index >= 15 is 0 Å². The molecule has 6 heteroatoms. The lowest BCUT2D eigenvalue weighted by atomic mass is 10.2. The second-order valence-corrected chi connectivity index (χ2v) is 5.47. The summed E-state index contributed by atoms with van der Waals surface area (Å²) >= 11 is 1.85. The fourth-order valence-electron chi connectivity index (χ4n) is 1.87. The molecule has 5 nitrogen and oxygen atoms in total. The molecule has 1 aromatic rings. The van der Waals surface area contributed by atoms with Crippen LogP contribution in [0.3, 0.4) is 0 Å². The van der Waals surface area contributed by atoms with Gasteiger partial charge in [0, 0.05) is 43.8 Å². The second-order valence-electron chi connectivity index (χ2n) is 4.32. The molecule has 1 unspecified atom stereocenters. The summed E-state index contributed by atoms with van der Waals surface area (Å²) in [4.78, 5) is 23.6. The van der Waals surface area contributed by atoms with Crippen LogP contribution in [-0.2, 0) is 11.8 Å². The number of nitrogens with one attached hydrogen (secondary N) is 2. The van der Waals surface area contributed by atoms with Gasteiger partial charge >= 0.3 is 0 Å². The third-order valence-electron chi connectivity index (χ3n) is 2.83. The molecule has 18 heavy (non-hydrogen) atoms. The number of hydrogen-bond acceptors (Lipinski definition) is 4. The summed E-state index contributed by atoms with van der Waals surface area (Å²) in [6.45, 7) is 0.940. The standard InChI is InChI=1S/C12H17N3O2S/c1-15-5-2-3-10(12(15)17)14-11(16)7-9-8-18-6-4-13-9/h2-3,5,9,13H,4,6-8H2,1H3,(H,14,16). The van der Waals surface area contributed by atoms with Gasteiger partial charge in [0.05, 0.1) is 0 Å². The molecule has 1 atom stereocenters. The molecule has 0 radical (unpaired) electrons. The molecule has 1 saturated heterocycles. The van der Waals surface area contributed by atoms with Crippen molar-refractivity contribution < 1.29 is 4.79 Å². The Morgan fingerprint density at radius 2 is 2.50 bits per heavy atom. The Bertz CT molecular complexity index is 480. The van der Waals surface area contributed by atoms with Crippen LogP contribution in [0, 0.1) is 0 Å². The number of anilines is 1. The van der Waals surface area contributed by atoms with Crippen LogP contribution in [0.5, 0.6) is 0 Å². The van der Waals surface area contributed by atoms with Gasteiger partial charge in [0.25, 0.3) is 5.56 Å². The highest BCUT2D eigenvalue weighted by Crippen LogP contribution is 2.11. The van der Waals surface area contributed by atoms with Crippen molar-refractivity contribution >= 4 is 23.4 Å². The van der Waals surface area contributed by atoms with Crippen LogP contribution in [0.15, 0.2) is 23.1 Å². The Morgan fingerprint density at radius 1 is 1.67 bits per heavy atom. The minimum Gasteiger partial charge on any atom is -0.321 e. The Morgan fingerprint density at radius 3 is 3.22 bits per heavy atom. The Hall–Kier alpha value is -1.27. The Labute approximate surface area is 110 Å². The zero-order chi connectivity index (χ0) is 13.0. The van der Waals surface area contributed by atoms with E-state index in [4.69, 9.17) is 0 Å². The third kappa shape index (κ3) is 3.36. The highest BCUT2D eigenvalue weighted by atomic mass is 32.2. The van der Waals surface area contributed by atoms with Gasteiger partial charge in [0.2, 0.25) is 5.91 Å². The molecule has 98 valence electrons. The van der Waals surface area contributed by atoms with Crippen LogP contribution in [0.4, 0.5) is 5.69 Å². The van der Waals surface area contributed by atoms with Crippen LogP contribution in [0.2, 0.25) is 0 Å². The lowest BCUT2D eigenvalue weighted by molar-refractivity contribution is -0.116. The first kappa shape index (κ1) is 13.2. The minimum absolute atomic E-state index is 0.113. The molecule has 1 aromatic heterocycles. The maximum absolute atomic E-state index is 11.8. The molecule has 1 fully saturated rings. The number of rotatable bonds is 3. The van der Waals surface area contributed by atoms with E-state index in [1.165, 1.54) is 4.57 Å². The van der Waals surface area contributed by atoms with E-state index in [9.17, 15) is 9.59 Å². The van der Waals surface area contributed by atoms with Gasteiger partial charge in [-0.05, 0) is 12.1 Å². The van der Waals surface area contributed by atoms with Gasteiger partial charge < -0.3 is 15.2 Å². The number of carbonyl (C=O) groups is 1. The SMILES string of the molecule is Cn1cccc(NC(=O)CC2CSCCN2)c1=O. The van der Waals surface area contributed by atoms with E-state index in [0.29, 0.717) is 12.1 Å². The number of hydrogen-bond donors (Lipinski definition) is 2. The highest BCUT2D eigenvalue weighted by molar-refractivity contribution is 7.99. The number of thioether (sulfide) groups is 1. The first-order valence-electron chi connectivity index (χ1n) is 5.93. The minimum atomic E-state index is -0.183. The van der Waals surface area contributed by atoms with Crippen LogP contribution < -0.4 is 16.2 Å². The number of aromatic nitrogens is 1. The Balaban J connectivity index is 1.94. The van der Waals surface area contributed by atoms with Gasteiger partial charge in [-0.1, -0.05) is 0 Å². The van der Waals surface area contributed by atoms with Gasteiger partial charge in [-0.3, -0.25) is 9.59 Å². The molecule has 0 bridgehead atoms. The van der Waals surface area contributed by atoms with E-state index in [2.05, 4.69) is 10.6 Å². The average Bonchev–Trinajstić information content (AvgIpc) is 2.36. The largest absolute Gasteiger partial charge is 0.321 e. The van der Waals surface area contributed by atoms with Crippen molar-refractivity contribution in [1.82, 2.24) is 9.88 Å². The van der Waals surface area contributed by atoms with Crippen molar-refractivity contribution in [2.75, 3.05) is 23.4 Å². The van der Waals surface area contributed by atoms with Crippen LogP contribution >= 0.6 is 11.8 Å². The summed E-state index contributed by atoms with van der Waals surface area (Å²) in [7, 11) is 1.66. The van der Waals surface area contributed by atoms with Crippen LogP contribution in [0.1, 0.15) is 6.42 Å². The average molecular weight is 267 g/mol. The van der Waals surface area contributed by atoms with Gasteiger partial charge in [0.1, 0.15) is 5.69 Å². The number of carbonyl (C=O) groups excluding carboxylic acids is 1. The van der Waals surface area contributed by atoms with Crippen LogP contribution in [-0.4, -0.2) is 34.6 Å². The smallest absolute Gasteiger partial charge is 0.274 e. The van der Waals surface area contributed by atoms with Crippen molar-refractivity contribution in [3.63, 3.8) is 0 Å². The van der Waals surface area contributed by atoms with E-state index in [0.717, 1.165) is 18.1 Å². The predicted molar refractivity (Wildman–Crippen MR) is 74.0 cm³/mol. The van der Waals surface area contributed by atoms with Crippen molar-refractivity contribution in [2.24, 2.45) is 7.05 Å². The first-order valence-corrected chi connectivity index (χ1v) is 7.09. The summed E-state index contributed by atoms with van der Waals surface area (Å²) in [6, 6.07) is 3.57. The number of amides is 1. The highest BCUT2D eigenvalue weighted by Gasteiger charge is 2.17. The second kappa shape index (κ2) is 6.06. The molecule has 0 spiro atoms. The molecule has 2 heterocycles. The molecule has 1 amide bonds. The lowest BCUT2D eigenvalue weighted by Crippen LogP contribution is -2.40. The quantitative estimate of drug-likeness (QED) is 0.833. The molecular formula is C12H17N3O2S. The molecule has 0 aliphatic carbocycles. The predicted octanol–water partition coefficient (Wildman–Crippen LogP) is 0.419. The third-order valence-corrected chi connectivity index (χ3v) is 3.96. The van der Waals surface area contributed by atoms with Crippen molar-refractivity contribution in [2.45, 2.75) is 12.5 Å². The molecular weight excluding hydrogens is 250 g/mol. The summed E-state index contributed by atoms with van der Waals surface area (Å²) in [5, 5.41) is 5.97. The summed E-state index contributed by atoms with van der Waals surface area (Å²) in [5.74, 6) is 1.93. The molecule has 0 saturated carbocycles. The fourth-order valence-corrected chi connectivity index (χ4v) is 2.82. The van der Waals surface area contributed by atoms with Crippen molar-refractivity contribution in [3.05, 3.63) is 28.7 Å². The van der Waals surface area contributed by atoms with Crippen molar-refractivity contribution in [1.29, 1.82) is 0 Å². The normalized spacial score (nSPS) is 19.5. The fraction of sp³-hybridized carbons (Fsp3) is 0.500. The van der Waals surface area contributed by atoms with E-state index in [1.807, 2.05) is 11.8 Å². The number of aryl methyl sites for hydroxylation is 1. The summed E-state index contributed by atoms with van der Waals surface area (Å²) < 4.78 is 1.45. The van der Waals surface area contributed by atoms with Crippen LogP contribution in [0.25, 0.3) is 0 Å². The molecule has 2 N–H and O–H groups in total. The zero-order valence-electron chi connectivity index (χ0n) is 10.3. The van der Waals surface area contributed by atoms with Gasteiger partial charge in [0.15, 0.2) is 0 Å². The molecule has 0 aromatic carbocycles. The maximum atomic E-state index is 11.8. The van der Waals surface area contributed by atoms with E-state index < -0.39 is 0 Å². The Kier molecular flexibility index (Phi) is 4.43. The summed E-state index contributed by atoms with van der Waals surface area (Å²) in [5.41, 5.74) is 0.158. The lowest BCUT2D eigenvalue weighted by Gasteiger charge is -2.22. The summed E-state index contributed by atoms with van der Waals surface area (Å²) in [6.07, 6.45) is 2.07. The van der Waals surface area contributed by atoms with Crippen molar-refractivity contribution in [3.8, 4) is 0 Å². The maximum Gasteiger partial charge on any atom is 0.274 e.